The number of carbonyl (C=O) groups excluding carboxylic acids is 1. The Labute approximate surface area is 173 Å². The van der Waals surface area contributed by atoms with Crippen LogP contribution < -0.4 is 4.72 Å². The van der Waals surface area contributed by atoms with Crippen molar-refractivity contribution < 1.29 is 4.79 Å². The Morgan fingerprint density at radius 2 is 1.64 bits per heavy atom. The number of aromatic nitrogens is 4. The van der Waals surface area contributed by atoms with Crippen LogP contribution in [0.15, 0.2) is 36.7 Å². The molecule has 1 atom stereocenters. The summed E-state index contributed by atoms with van der Waals surface area (Å²) >= 11 is 1.47. The average Bonchev–Trinajstić information content (AvgIpc) is 3.24. The summed E-state index contributed by atoms with van der Waals surface area (Å²) in [5.41, 5.74) is 0.845. The number of carbonyl (C=O) groups is 1. The van der Waals surface area contributed by atoms with Crippen molar-refractivity contribution in [3.8, 4) is 0 Å². The summed E-state index contributed by atoms with van der Waals surface area (Å²) in [4.78, 5) is 14.0. The molecule has 154 valence electrons. The van der Waals surface area contributed by atoms with Gasteiger partial charge in [0.2, 0.25) is 0 Å². The normalized spacial score (nSPS) is 12.0. The Morgan fingerprint density at radius 3 is 2.25 bits per heavy atom. The molecule has 28 heavy (non-hydrogen) atoms. The fourth-order valence-electron chi connectivity index (χ4n) is 3.16. The smallest absolute Gasteiger partial charge is 0.261 e. The Bertz CT molecular complexity index is 636. The molecule has 0 fully saturated rings. The van der Waals surface area contributed by atoms with Gasteiger partial charge in [0.1, 0.15) is 0 Å². The van der Waals surface area contributed by atoms with Gasteiger partial charge in [0.05, 0.1) is 0 Å². The lowest BCUT2D eigenvalue weighted by atomic mass is 10.1. The molecule has 1 heterocycles. The lowest BCUT2D eigenvalue weighted by Crippen LogP contribution is -2.31. The molecule has 0 bridgehead atoms. The minimum atomic E-state index is -0.594. The number of hydrogen-bond acceptors (Lipinski definition) is 5. The predicted molar refractivity (Wildman–Crippen MR) is 115 cm³/mol. The highest BCUT2D eigenvalue weighted by Gasteiger charge is 2.24. The fourth-order valence-corrected chi connectivity index (χ4v) is 3.86. The molecule has 0 spiro atoms. The van der Waals surface area contributed by atoms with Gasteiger partial charge < -0.3 is 0 Å². The van der Waals surface area contributed by atoms with Crippen LogP contribution in [0.2, 0.25) is 0 Å². The van der Waals surface area contributed by atoms with Gasteiger partial charge in [-0.25, -0.2) is 0 Å². The van der Waals surface area contributed by atoms with E-state index in [0.717, 1.165) is 17.7 Å². The van der Waals surface area contributed by atoms with E-state index in [1.54, 1.807) is 0 Å². The van der Waals surface area contributed by atoms with Crippen LogP contribution in [-0.2, 0) is 4.79 Å². The molecule has 1 unspecified atom stereocenters. The Balaban J connectivity index is 1.59. The third-order valence-corrected chi connectivity index (χ3v) is 5.57. The highest BCUT2D eigenvalue weighted by molar-refractivity contribution is 7.97. The maximum Gasteiger partial charge on any atom is 0.261 e. The Kier molecular flexibility index (Phi) is 11.3. The minimum absolute atomic E-state index is 0.124. The summed E-state index contributed by atoms with van der Waals surface area (Å²) in [7, 11) is 0. The first kappa shape index (κ1) is 22.4. The van der Waals surface area contributed by atoms with Gasteiger partial charge in [0.25, 0.3) is 5.91 Å². The fraction of sp³-hybridized carbons (Fsp3) is 0.619. The molecule has 2 aromatic rings. The maximum absolute atomic E-state index is 12.7. The number of nitrogens with one attached hydrogen (secondary N) is 1. The zero-order chi connectivity index (χ0) is 19.9. The second-order valence-corrected chi connectivity index (χ2v) is 7.97. The highest BCUT2D eigenvalue weighted by Crippen LogP contribution is 2.18. The third kappa shape index (κ3) is 8.42. The van der Waals surface area contributed by atoms with E-state index in [2.05, 4.69) is 27.1 Å². The molecule has 6 nitrogen and oxygen atoms in total. The SMILES string of the molecule is CCCCCCCCCCCCSNC(=O)C(c1ccccc1)n1ncnn1. The van der Waals surface area contributed by atoms with Crippen molar-refractivity contribution in [3.63, 3.8) is 0 Å². The summed E-state index contributed by atoms with van der Waals surface area (Å²) in [5.74, 6) is 0.801. The van der Waals surface area contributed by atoms with Crippen LogP contribution in [0, 0.1) is 0 Å². The highest BCUT2D eigenvalue weighted by atomic mass is 32.2. The number of amides is 1. The van der Waals surface area contributed by atoms with E-state index in [0.29, 0.717) is 0 Å². The van der Waals surface area contributed by atoms with Gasteiger partial charge in [0, 0.05) is 5.75 Å². The number of tetrazole rings is 1. The quantitative estimate of drug-likeness (QED) is 0.336. The topological polar surface area (TPSA) is 72.7 Å². The van der Waals surface area contributed by atoms with Crippen LogP contribution >= 0.6 is 11.9 Å². The summed E-state index contributed by atoms with van der Waals surface area (Å²) in [6.45, 7) is 2.26. The lowest BCUT2D eigenvalue weighted by Gasteiger charge is -2.15. The molecule has 1 amide bonds. The lowest BCUT2D eigenvalue weighted by molar-refractivity contribution is -0.121. The van der Waals surface area contributed by atoms with Gasteiger partial charge in [0.15, 0.2) is 12.4 Å². The van der Waals surface area contributed by atoms with Crippen LogP contribution in [0.1, 0.15) is 82.7 Å². The molecule has 2 rings (SSSR count). The van der Waals surface area contributed by atoms with Crippen molar-refractivity contribution >= 4 is 17.9 Å². The van der Waals surface area contributed by atoms with Crippen LogP contribution in [0.4, 0.5) is 0 Å². The van der Waals surface area contributed by atoms with Crippen molar-refractivity contribution in [1.82, 2.24) is 24.9 Å². The van der Waals surface area contributed by atoms with Crippen LogP contribution in [0.5, 0.6) is 0 Å². The Hall–Kier alpha value is -1.89. The van der Waals surface area contributed by atoms with Gasteiger partial charge >= 0.3 is 0 Å². The molecule has 0 saturated carbocycles. The summed E-state index contributed by atoms with van der Waals surface area (Å²) < 4.78 is 2.95. The summed E-state index contributed by atoms with van der Waals surface area (Å²) in [5, 5.41) is 11.7. The zero-order valence-electron chi connectivity index (χ0n) is 16.9. The molecular formula is C21H33N5OS. The molecule has 0 radical (unpaired) electrons. The maximum atomic E-state index is 12.7. The van der Waals surface area contributed by atoms with E-state index in [9.17, 15) is 4.79 Å². The predicted octanol–water partition coefficient (Wildman–Crippen LogP) is 4.95. The number of hydrogen-bond donors (Lipinski definition) is 1. The molecule has 1 aromatic carbocycles. The van der Waals surface area contributed by atoms with Gasteiger partial charge in [-0.2, -0.15) is 0 Å². The third-order valence-electron chi connectivity index (χ3n) is 4.73. The molecular weight excluding hydrogens is 370 g/mol. The zero-order valence-corrected chi connectivity index (χ0v) is 17.7. The summed E-state index contributed by atoms with van der Waals surface area (Å²) in [6.07, 6.45) is 14.5. The molecule has 1 aromatic heterocycles. The van der Waals surface area contributed by atoms with E-state index >= 15 is 0 Å². The van der Waals surface area contributed by atoms with Crippen molar-refractivity contribution in [2.24, 2.45) is 0 Å². The van der Waals surface area contributed by atoms with Crippen molar-refractivity contribution in [1.29, 1.82) is 0 Å². The number of unbranched alkanes of at least 4 members (excludes halogenated alkanes) is 9. The number of benzene rings is 1. The first-order valence-corrected chi connectivity index (χ1v) is 11.5. The van der Waals surface area contributed by atoms with Crippen molar-refractivity contribution in [2.75, 3.05) is 5.75 Å². The molecule has 0 saturated heterocycles. The van der Waals surface area contributed by atoms with Crippen LogP contribution in [-0.4, -0.2) is 31.9 Å². The summed E-state index contributed by atoms with van der Waals surface area (Å²) in [6, 6.07) is 8.95. The van der Waals surface area contributed by atoms with Gasteiger partial charge in [-0.1, -0.05) is 107 Å². The molecule has 1 N–H and O–H groups in total. The van der Waals surface area contributed by atoms with Gasteiger partial charge in [-0.3, -0.25) is 9.52 Å². The van der Waals surface area contributed by atoms with E-state index in [4.69, 9.17) is 0 Å². The second kappa shape index (κ2) is 14.2. The first-order valence-electron chi connectivity index (χ1n) is 10.5. The standard InChI is InChI=1S/C21H33N5OS/c1-2-3-4-5-6-7-8-9-10-14-17-28-24-21(27)20(26-23-18-22-25-26)19-15-12-11-13-16-19/h11-13,15-16,18,20H,2-10,14,17H2,1H3,(H,24,27). The van der Waals surface area contributed by atoms with E-state index in [1.165, 1.54) is 80.9 Å². The van der Waals surface area contributed by atoms with Crippen molar-refractivity contribution in [3.05, 3.63) is 42.2 Å². The van der Waals surface area contributed by atoms with Crippen LogP contribution in [0.25, 0.3) is 0 Å². The second-order valence-electron chi connectivity index (χ2n) is 7.07. The van der Waals surface area contributed by atoms with E-state index < -0.39 is 6.04 Å². The van der Waals surface area contributed by atoms with Crippen molar-refractivity contribution in [2.45, 2.75) is 77.2 Å². The Morgan fingerprint density at radius 1 is 1.00 bits per heavy atom. The number of nitrogens with zero attached hydrogens (tertiary/aromatic N) is 4. The molecule has 0 aliphatic carbocycles. The average molecular weight is 404 g/mol. The molecule has 0 aliphatic rings. The van der Waals surface area contributed by atoms with Gasteiger partial charge in [-0.05, 0) is 17.2 Å². The van der Waals surface area contributed by atoms with Gasteiger partial charge in [-0.15, -0.1) is 15.0 Å². The van der Waals surface area contributed by atoms with Crippen LogP contribution in [0.3, 0.4) is 0 Å². The monoisotopic (exact) mass is 403 g/mol. The largest absolute Gasteiger partial charge is 0.298 e. The molecule has 7 heteroatoms. The first-order chi connectivity index (χ1) is 13.8. The van der Waals surface area contributed by atoms with E-state index in [1.807, 2.05) is 30.3 Å². The number of rotatable bonds is 15. The minimum Gasteiger partial charge on any atom is -0.298 e. The molecule has 0 aliphatic heterocycles. The van der Waals surface area contributed by atoms with E-state index in [-0.39, 0.29) is 5.91 Å².